The molecule has 132 valence electrons. The van der Waals surface area contributed by atoms with E-state index in [-0.39, 0.29) is 6.10 Å². The Kier molecular flexibility index (Phi) is 5.58. The molecule has 0 aliphatic carbocycles. The van der Waals surface area contributed by atoms with Crippen LogP contribution in [0.3, 0.4) is 0 Å². The summed E-state index contributed by atoms with van der Waals surface area (Å²) in [6.45, 7) is 3.80. The second-order valence-electron chi connectivity index (χ2n) is 6.01. The average molecular weight is 360 g/mol. The molecule has 1 heterocycles. The first-order valence-electron chi connectivity index (χ1n) is 8.28. The number of nitrogens with zero attached hydrogens (tertiary/aromatic N) is 1. The molecule has 2 aromatic carbocycles. The molecule has 0 aliphatic rings. The highest BCUT2D eigenvalue weighted by molar-refractivity contribution is 6.31. The minimum atomic E-state index is -0.353. The molecule has 3 N–H and O–H groups in total. The van der Waals surface area contributed by atoms with Gasteiger partial charge in [-0.15, -0.1) is 0 Å². The van der Waals surface area contributed by atoms with Gasteiger partial charge in [-0.2, -0.15) is 0 Å². The van der Waals surface area contributed by atoms with E-state index in [1.165, 1.54) is 0 Å². The van der Waals surface area contributed by atoms with Crippen molar-refractivity contribution in [3.05, 3.63) is 41.4 Å². The third-order valence-corrected chi connectivity index (χ3v) is 4.22. The molecule has 6 heteroatoms. The Balaban J connectivity index is 1.98. The van der Waals surface area contributed by atoms with E-state index in [0.717, 1.165) is 46.3 Å². The van der Waals surface area contributed by atoms with Crippen LogP contribution in [0.2, 0.25) is 5.02 Å². The van der Waals surface area contributed by atoms with Gasteiger partial charge in [0.15, 0.2) is 0 Å². The van der Waals surface area contributed by atoms with E-state index in [2.05, 4.69) is 10.6 Å². The molecular weight excluding hydrogens is 338 g/mol. The van der Waals surface area contributed by atoms with Crippen LogP contribution >= 0.6 is 11.6 Å². The molecule has 1 aromatic heterocycles. The number of methoxy groups -OCH3 is 1. The Labute approximate surface area is 152 Å². The summed E-state index contributed by atoms with van der Waals surface area (Å²) in [4.78, 5) is 4.71. The molecule has 0 unspecified atom stereocenters. The molecule has 0 radical (unpaired) electrons. The number of ether oxygens (including phenoxy) is 1. The van der Waals surface area contributed by atoms with Crippen molar-refractivity contribution in [2.45, 2.75) is 13.0 Å². The normalized spacial score (nSPS) is 12.5. The van der Waals surface area contributed by atoms with E-state index in [1.807, 2.05) is 36.4 Å². The molecule has 3 aromatic rings. The first-order chi connectivity index (χ1) is 12.1. The van der Waals surface area contributed by atoms with Crippen molar-refractivity contribution < 1.29 is 9.84 Å². The topological polar surface area (TPSA) is 66.4 Å². The maximum Gasteiger partial charge on any atom is 0.119 e. The first kappa shape index (κ1) is 17.7. The van der Waals surface area contributed by atoms with E-state index in [1.54, 1.807) is 14.0 Å². The van der Waals surface area contributed by atoms with Crippen molar-refractivity contribution in [3.8, 4) is 5.75 Å². The quantitative estimate of drug-likeness (QED) is 0.445. The van der Waals surface area contributed by atoms with Crippen LogP contribution in [-0.2, 0) is 0 Å². The maximum atomic E-state index is 9.32. The van der Waals surface area contributed by atoms with Gasteiger partial charge in [0, 0.05) is 35.4 Å². The Hall–Kier alpha value is -2.08. The van der Waals surface area contributed by atoms with Crippen molar-refractivity contribution in [2.24, 2.45) is 0 Å². The van der Waals surface area contributed by atoms with Crippen LogP contribution < -0.4 is 15.4 Å². The molecule has 0 aliphatic heterocycles. The Morgan fingerprint density at radius 3 is 2.72 bits per heavy atom. The largest absolute Gasteiger partial charge is 0.497 e. The van der Waals surface area contributed by atoms with E-state index < -0.39 is 0 Å². The number of pyridine rings is 1. The summed E-state index contributed by atoms with van der Waals surface area (Å²) in [5.74, 6) is 0.790. The molecule has 0 fully saturated rings. The standard InChI is InChI=1S/C19H22ClN3O2/c1-12(24)11-21-7-8-22-19-15-5-3-13(20)9-18(15)23-17-6-4-14(25-2)10-16(17)19/h3-6,9-10,12,21,24H,7-8,11H2,1-2H3,(H,22,23)/t12-/m0/s1. The van der Waals surface area contributed by atoms with Gasteiger partial charge in [0.1, 0.15) is 5.75 Å². The highest BCUT2D eigenvalue weighted by Gasteiger charge is 2.10. The van der Waals surface area contributed by atoms with Crippen LogP contribution in [0.15, 0.2) is 36.4 Å². The van der Waals surface area contributed by atoms with Crippen LogP contribution in [0.5, 0.6) is 5.75 Å². The van der Waals surface area contributed by atoms with Gasteiger partial charge in [0.2, 0.25) is 0 Å². The zero-order chi connectivity index (χ0) is 17.8. The molecule has 0 bridgehead atoms. The SMILES string of the molecule is COc1ccc2nc3cc(Cl)ccc3c(NCCNC[C@H](C)O)c2c1. The third kappa shape index (κ3) is 4.12. The predicted molar refractivity (Wildman–Crippen MR) is 104 cm³/mol. The van der Waals surface area contributed by atoms with E-state index in [4.69, 9.17) is 21.3 Å². The minimum absolute atomic E-state index is 0.353. The van der Waals surface area contributed by atoms with Crippen molar-refractivity contribution in [1.29, 1.82) is 0 Å². The number of fused-ring (bicyclic) bond motifs is 2. The fourth-order valence-corrected chi connectivity index (χ4v) is 2.97. The summed E-state index contributed by atoms with van der Waals surface area (Å²) in [5.41, 5.74) is 2.74. The van der Waals surface area contributed by atoms with Gasteiger partial charge in [-0.3, -0.25) is 0 Å². The lowest BCUT2D eigenvalue weighted by atomic mass is 10.1. The number of nitrogens with one attached hydrogen (secondary N) is 2. The maximum absolute atomic E-state index is 9.32. The predicted octanol–water partition coefficient (Wildman–Crippen LogP) is 3.43. The molecular formula is C19H22ClN3O2. The van der Waals surface area contributed by atoms with Gasteiger partial charge in [0.25, 0.3) is 0 Å². The van der Waals surface area contributed by atoms with Crippen molar-refractivity contribution >= 4 is 39.1 Å². The first-order valence-corrected chi connectivity index (χ1v) is 8.66. The lowest BCUT2D eigenvalue weighted by Gasteiger charge is -2.15. The minimum Gasteiger partial charge on any atom is -0.497 e. The number of hydrogen-bond acceptors (Lipinski definition) is 5. The van der Waals surface area contributed by atoms with Gasteiger partial charge in [-0.1, -0.05) is 11.6 Å². The smallest absolute Gasteiger partial charge is 0.119 e. The van der Waals surface area contributed by atoms with Crippen LogP contribution in [-0.4, -0.2) is 42.9 Å². The van der Waals surface area contributed by atoms with E-state index in [9.17, 15) is 5.11 Å². The number of halogens is 1. The van der Waals surface area contributed by atoms with E-state index >= 15 is 0 Å². The number of aromatic nitrogens is 1. The molecule has 0 amide bonds. The molecule has 3 rings (SSSR count). The zero-order valence-corrected chi connectivity index (χ0v) is 15.1. The number of anilines is 1. The summed E-state index contributed by atoms with van der Waals surface area (Å²) < 4.78 is 5.36. The molecule has 1 atom stereocenters. The molecule has 5 nitrogen and oxygen atoms in total. The second kappa shape index (κ2) is 7.87. The number of benzene rings is 2. The van der Waals surface area contributed by atoms with Crippen LogP contribution in [0.4, 0.5) is 5.69 Å². The van der Waals surface area contributed by atoms with Crippen molar-refractivity contribution in [3.63, 3.8) is 0 Å². The summed E-state index contributed by atoms with van der Waals surface area (Å²) >= 11 is 6.13. The van der Waals surface area contributed by atoms with Crippen LogP contribution in [0, 0.1) is 0 Å². The Morgan fingerprint density at radius 1 is 1.12 bits per heavy atom. The number of aliphatic hydroxyl groups is 1. The lowest BCUT2D eigenvalue weighted by molar-refractivity contribution is 0.192. The van der Waals surface area contributed by atoms with Gasteiger partial charge >= 0.3 is 0 Å². The average Bonchev–Trinajstić information content (AvgIpc) is 2.59. The highest BCUT2D eigenvalue weighted by Crippen LogP contribution is 2.33. The second-order valence-corrected chi connectivity index (χ2v) is 6.45. The monoisotopic (exact) mass is 359 g/mol. The van der Waals surface area contributed by atoms with E-state index in [0.29, 0.717) is 11.6 Å². The highest BCUT2D eigenvalue weighted by atomic mass is 35.5. The number of rotatable bonds is 7. The third-order valence-electron chi connectivity index (χ3n) is 3.99. The molecule has 0 spiro atoms. The fraction of sp³-hybridized carbons (Fsp3) is 0.316. The van der Waals surface area contributed by atoms with Gasteiger partial charge in [-0.05, 0) is 43.3 Å². The van der Waals surface area contributed by atoms with Gasteiger partial charge in [0.05, 0.1) is 29.9 Å². The Morgan fingerprint density at radius 2 is 1.96 bits per heavy atom. The van der Waals surface area contributed by atoms with Gasteiger partial charge < -0.3 is 20.5 Å². The summed E-state index contributed by atoms with van der Waals surface area (Å²) in [7, 11) is 1.66. The lowest BCUT2D eigenvalue weighted by Crippen LogP contribution is -2.29. The van der Waals surface area contributed by atoms with Crippen LogP contribution in [0.1, 0.15) is 6.92 Å². The zero-order valence-electron chi connectivity index (χ0n) is 14.3. The summed E-state index contributed by atoms with van der Waals surface area (Å²) in [5, 5.41) is 18.7. The number of aliphatic hydroxyl groups excluding tert-OH is 1. The summed E-state index contributed by atoms with van der Waals surface area (Å²) in [6, 6.07) is 11.6. The van der Waals surface area contributed by atoms with Gasteiger partial charge in [-0.25, -0.2) is 4.98 Å². The van der Waals surface area contributed by atoms with Crippen LogP contribution in [0.25, 0.3) is 21.8 Å². The number of hydrogen-bond donors (Lipinski definition) is 3. The fourth-order valence-electron chi connectivity index (χ4n) is 2.80. The van der Waals surface area contributed by atoms with Crippen molar-refractivity contribution in [2.75, 3.05) is 32.1 Å². The molecule has 0 saturated carbocycles. The Bertz CT molecular complexity index is 883. The summed E-state index contributed by atoms with van der Waals surface area (Å²) in [6.07, 6.45) is -0.353. The molecule has 25 heavy (non-hydrogen) atoms. The van der Waals surface area contributed by atoms with Crippen molar-refractivity contribution in [1.82, 2.24) is 10.3 Å². The molecule has 0 saturated heterocycles.